The van der Waals surface area contributed by atoms with Gasteiger partial charge in [0.1, 0.15) is 0 Å². The van der Waals surface area contributed by atoms with Gasteiger partial charge in [-0.2, -0.15) is 0 Å². The minimum Gasteiger partial charge on any atom is -0.469 e. The van der Waals surface area contributed by atoms with Gasteiger partial charge in [0.15, 0.2) is 0 Å². The smallest absolute Gasteiger partial charge is 0.305 e. The normalized spacial score (nSPS) is 13.1. The Balaban J connectivity index is 1.83. The van der Waals surface area contributed by atoms with Crippen LogP contribution >= 0.6 is 15.9 Å². The van der Waals surface area contributed by atoms with Gasteiger partial charge < -0.3 is 19.4 Å². The van der Waals surface area contributed by atoms with Crippen LogP contribution in [0.1, 0.15) is 73.4 Å². The molecular formula is C32H33BrN4O4. The van der Waals surface area contributed by atoms with Gasteiger partial charge >= 0.3 is 11.9 Å². The number of ether oxygens (including phenoxy) is 2. The highest BCUT2D eigenvalue weighted by atomic mass is 79.9. The molecule has 0 atom stereocenters. The molecule has 2 N–H and O–H groups in total. The summed E-state index contributed by atoms with van der Waals surface area (Å²) < 4.78 is 10.8. The Morgan fingerprint density at radius 3 is 1.78 bits per heavy atom. The van der Waals surface area contributed by atoms with Gasteiger partial charge in [0.25, 0.3) is 0 Å². The zero-order chi connectivity index (χ0) is 29.4. The lowest BCUT2D eigenvalue weighted by Gasteiger charge is -2.06. The number of allylic oxidation sites excluding steroid dienone is 4. The van der Waals surface area contributed by atoms with E-state index >= 15 is 0 Å². The van der Waals surface area contributed by atoms with Crippen molar-refractivity contribution in [1.29, 1.82) is 0 Å². The topological polar surface area (TPSA) is 110 Å². The standard InChI is InChI=1S/C32H33BrN4O4/c1-16-11-20-12-24-19(4)32(33)29(37-24)14-26-18(3)22(8-10-31(39)41-6)28(36-26)15-27-21(7-9-30(38)40-5)17(2)25(35-27)13-23(16)34-20/h11-15,34,37H,7-10H2,1-6H3. The average Bonchev–Trinajstić information content (AvgIpc) is 3.62. The number of methoxy groups -OCH3 is 2. The molecule has 212 valence electrons. The van der Waals surface area contributed by atoms with E-state index in [1.165, 1.54) is 14.2 Å². The first kappa shape index (κ1) is 28.5. The molecule has 0 radical (unpaired) electrons. The van der Waals surface area contributed by atoms with Crippen molar-refractivity contribution in [2.24, 2.45) is 0 Å². The first-order chi connectivity index (χ1) is 19.6. The molecule has 0 amide bonds. The highest BCUT2D eigenvalue weighted by Gasteiger charge is 2.22. The first-order valence-electron chi connectivity index (χ1n) is 13.5. The van der Waals surface area contributed by atoms with Crippen LogP contribution in [0.5, 0.6) is 0 Å². The predicted molar refractivity (Wildman–Crippen MR) is 166 cm³/mol. The number of H-pyrrole nitrogens is 2. The first-order valence-corrected chi connectivity index (χ1v) is 14.3. The molecule has 0 saturated carbocycles. The summed E-state index contributed by atoms with van der Waals surface area (Å²) in [5, 5.41) is 0. The summed E-state index contributed by atoms with van der Waals surface area (Å²) in [6, 6.07) is 10.3. The molecule has 0 unspecified atom stereocenters. The molecule has 0 aromatic carbocycles. The van der Waals surface area contributed by atoms with E-state index in [0.717, 1.165) is 82.7 Å². The van der Waals surface area contributed by atoms with Gasteiger partial charge in [-0.1, -0.05) is 0 Å². The third kappa shape index (κ3) is 5.63. The van der Waals surface area contributed by atoms with Gasteiger partial charge in [-0.15, -0.1) is 0 Å². The van der Waals surface area contributed by atoms with Crippen LogP contribution in [0.2, 0.25) is 0 Å². The number of aromatic nitrogens is 4. The highest BCUT2D eigenvalue weighted by molar-refractivity contribution is 9.10. The summed E-state index contributed by atoms with van der Waals surface area (Å²) in [4.78, 5) is 41.3. The molecule has 8 bridgehead atoms. The SMILES string of the molecule is COC(=O)CCC1=C(C)c2cc3[nH]c(cc3C)cc3[nH]c(cc4nc(cc1n2)C(CCC(=O)OC)=C4C)c(Br)c3C. The fraction of sp³-hybridized carbons (Fsp3) is 0.312. The van der Waals surface area contributed by atoms with Crippen LogP contribution in [-0.4, -0.2) is 46.1 Å². The van der Waals surface area contributed by atoms with Crippen LogP contribution in [0.15, 0.2) is 34.8 Å². The quantitative estimate of drug-likeness (QED) is 0.278. The van der Waals surface area contributed by atoms with E-state index in [4.69, 9.17) is 19.4 Å². The Bertz CT molecular complexity index is 1810. The minimum absolute atomic E-state index is 0.240. The summed E-state index contributed by atoms with van der Waals surface area (Å²) in [7, 11) is 2.79. The van der Waals surface area contributed by atoms with Crippen LogP contribution in [0.3, 0.4) is 0 Å². The van der Waals surface area contributed by atoms with Crippen molar-refractivity contribution >= 4 is 72.2 Å². The van der Waals surface area contributed by atoms with Gasteiger partial charge in [-0.05, 0) is 120 Å². The molecule has 9 heteroatoms. The fourth-order valence-electron chi connectivity index (χ4n) is 5.31. The Hall–Kier alpha value is -3.98. The van der Waals surface area contributed by atoms with Crippen LogP contribution in [0, 0.1) is 13.8 Å². The van der Waals surface area contributed by atoms with Gasteiger partial charge in [-0.25, -0.2) is 9.97 Å². The van der Waals surface area contributed by atoms with Crippen molar-refractivity contribution in [2.45, 2.75) is 53.4 Å². The van der Waals surface area contributed by atoms with Gasteiger partial charge in [0.2, 0.25) is 0 Å². The number of aryl methyl sites for hydroxylation is 2. The second-order valence-corrected chi connectivity index (χ2v) is 11.2. The molecule has 8 nitrogen and oxygen atoms in total. The molecular weight excluding hydrogens is 584 g/mol. The van der Waals surface area contributed by atoms with Crippen molar-refractivity contribution in [1.82, 2.24) is 19.9 Å². The van der Waals surface area contributed by atoms with E-state index in [9.17, 15) is 9.59 Å². The number of hydrogen-bond donors (Lipinski definition) is 2. The molecule has 2 aliphatic rings. The Morgan fingerprint density at radius 1 is 0.707 bits per heavy atom. The lowest BCUT2D eigenvalue weighted by Crippen LogP contribution is -2.01. The zero-order valence-corrected chi connectivity index (χ0v) is 25.7. The second kappa shape index (κ2) is 11.5. The van der Waals surface area contributed by atoms with Gasteiger partial charge in [0, 0.05) is 33.9 Å². The lowest BCUT2D eigenvalue weighted by molar-refractivity contribution is -0.141. The number of halogens is 1. The monoisotopic (exact) mass is 616 g/mol. The summed E-state index contributed by atoms with van der Waals surface area (Å²) in [5.74, 6) is -0.549. The minimum atomic E-state index is -0.276. The zero-order valence-electron chi connectivity index (χ0n) is 24.1. The largest absolute Gasteiger partial charge is 0.469 e. The molecule has 0 saturated heterocycles. The summed E-state index contributed by atoms with van der Waals surface area (Å²) in [6.07, 6.45) is 1.45. The van der Waals surface area contributed by atoms with Crippen LogP contribution in [-0.2, 0) is 19.1 Å². The second-order valence-electron chi connectivity index (χ2n) is 10.4. The molecule has 3 aromatic rings. The van der Waals surface area contributed by atoms with Crippen molar-refractivity contribution in [3.63, 3.8) is 0 Å². The van der Waals surface area contributed by atoms with E-state index in [0.29, 0.717) is 12.8 Å². The fourth-order valence-corrected chi connectivity index (χ4v) is 5.74. The van der Waals surface area contributed by atoms with Crippen molar-refractivity contribution < 1.29 is 19.1 Å². The molecule has 41 heavy (non-hydrogen) atoms. The lowest BCUT2D eigenvalue weighted by atomic mass is 9.98. The van der Waals surface area contributed by atoms with E-state index < -0.39 is 0 Å². The van der Waals surface area contributed by atoms with Crippen molar-refractivity contribution in [2.75, 3.05) is 14.2 Å². The van der Waals surface area contributed by atoms with E-state index in [1.54, 1.807) is 0 Å². The maximum Gasteiger partial charge on any atom is 0.305 e. The molecule has 2 aliphatic heterocycles. The molecule has 0 spiro atoms. The molecule has 0 aliphatic carbocycles. The molecule has 0 fully saturated rings. The summed E-state index contributed by atoms with van der Waals surface area (Å²) in [5.41, 5.74) is 13.1. The van der Waals surface area contributed by atoms with Gasteiger partial charge in [0.05, 0.1) is 42.5 Å². The molecule has 5 rings (SSSR count). The Morgan fingerprint density at radius 2 is 1.24 bits per heavy atom. The third-order valence-corrected chi connectivity index (χ3v) is 8.86. The van der Waals surface area contributed by atoms with Crippen LogP contribution < -0.4 is 0 Å². The maximum atomic E-state index is 12.1. The maximum absolute atomic E-state index is 12.1. The van der Waals surface area contributed by atoms with E-state index in [-0.39, 0.29) is 24.8 Å². The van der Waals surface area contributed by atoms with E-state index in [2.05, 4.69) is 57.9 Å². The van der Waals surface area contributed by atoms with Gasteiger partial charge in [-0.3, -0.25) is 9.59 Å². The number of aromatic amines is 2. The van der Waals surface area contributed by atoms with Crippen molar-refractivity contribution in [3.05, 3.63) is 68.7 Å². The summed E-state index contributed by atoms with van der Waals surface area (Å²) >= 11 is 3.77. The number of esters is 2. The molecule has 3 aromatic heterocycles. The number of carbonyl (C=O) groups excluding carboxylic acids is 2. The number of hydrogen-bond acceptors (Lipinski definition) is 6. The molecule has 5 heterocycles. The number of nitrogens with one attached hydrogen (secondary N) is 2. The van der Waals surface area contributed by atoms with E-state index in [1.807, 2.05) is 26.0 Å². The van der Waals surface area contributed by atoms with Crippen molar-refractivity contribution in [3.8, 4) is 0 Å². The number of nitrogens with zero attached hydrogens (tertiary/aromatic N) is 2. The average molecular weight is 618 g/mol. The summed E-state index contributed by atoms with van der Waals surface area (Å²) in [6.45, 7) is 8.20. The highest BCUT2D eigenvalue weighted by Crippen LogP contribution is 2.38. The number of fused-ring (bicyclic) bond motifs is 8. The third-order valence-electron chi connectivity index (χ3n) is 7.84. The number of carbonyl (C=O) groups is 2. The Kier molecular flexibility index (Phi) is 8.00. The predicted octanol–water partition coefficient (Wildman–Crippen LogP) is 7.46. The van der Waals surface area contributed by atoms with Crippen LogP contribution in [0.4, 0.5) is 0 Å². The Labute approximate surface area is 247 Å². The number of rotatable bonds is 6. The van der Waals surface area contributed by atoms with Crippen LogP contribution in [0.25, 0.3) is 44.4 Å².